The smallest absolute Gasteiger partial charge is 0.165 e. The minimum absolute atomic E-state index is 0.531. The molecule has 4 nitrogen and oxygen atoms in total. The monoisotopic (exact) mass is 213 g/mol. The Hall–Kier alpha value is -2.28. The Balaban J connectivity index is 2.31. The van der Waals surface area contributed by atoms with Crippen LogP contribution in [0.1, 0.15) is 11.1 Å². The summed E-state index contributed by atoms with van der Waals surface area (Å²) in [6, 6.07) is 7.61. The molecule has 1 heterocycles. The quantitative estimate of drug-likeness (QED) is 0.769. The first kappa shape index (κ1) is 10.2. The minimum atomic E-state index is 0.531. The van der Waals surface area contributed by atoms with Gasteiger partial charge < -0.3 is 4.74 Å². The molecule has 0 amide bonds. The van der Waals surface area contributed by atoms with Crippen molar-refractivity contribution in [3.05, 3.63) is 41.7 Å². The maximum Gasteiger partial charge on any atom is 0.165 e. The van der Waals surface area contributed by atoms with E-state index in [4.69, 9.17) is 10.00 Å². The number of rotatable bonds is 2. The van der Waals surface area contributed by atoms with E-state index in [0.717, 1.165) is 5.56 Å². The van der Waals surface area contributed by atoms with E-state index in [0.29, 0.717) is 17.1 Å². The summed E-state index contributed by atoms with van der Waals surface area (Å²) in [7, 11) is 1.81. The molecular formula is C12H11N3O. The third-order valence-corrected chi connectivity index (χ3v) is 2.16. The average molecular weight is 213 g/mol. The molecule has 0 aliphatic rings. The predicted molar refractivity (Wildman–Crippen MR) is 59.2 cm³/mol. The van der Waals surface area contributed by atoms with Crippen LogP contribution in [0.5, 0.6) is 11.5 Å². The lowest BCUT2D eigenvalue weighted by Crippen LogP contribution is -1.88. The molecule has 80 valence electrons. The highest BCUT2D eigenvalue weighted by molar-refractivity contribution is 5.46. The standard InChI is InChI=1S/C12H11N3O/c1-9-3-4-12(10(5-9)6-13)16-11-7-14-15(2)8-11/h3-5,7-8H,1-2H3. The Morgan fingerprint density at radius 1 is 1.44 bits per heavy atom. The molecule has 0 N–H and O–H groups in total. The van der Waals surface area contributed by atoms with E-state index < -0.39 is 0 Å². The summed E-state index contributed by atoms with van der Waals surface area (Å²) in [4.78, 5) is 0. The fourth-order valence-corrected chi connectivity index (χ4v) is 1.40. The summed E-state index contributed by atoms with van der Waals surface area (Å²) in [5.74, 6) is 1.18. The first-order valence-electron chi connectivity index (χ1n) is 4.86. The molecule has 1 aromatic carbocycles. The summed E-state index contributed by atoms with van der Waals surface area (Å²) in [5, 5.41) is 13.0. The van der Waals surface area contributed by atoms with E-state index in [1.165, 1.54) is 0 Å². The van der Waals surface area contributed by atoms with E-state index >= 15 is 0 Å². The van der Waals surface area contributed by atoms with Crippen molar-refractivity contribution in [3.63, 3.8) is 0 Å². The zero-order chi connectivity index (χ0) is 11.5. The van der Waals surface area contributed by atoms with E-state index in [1.54, 1.807) is 29.2 Å². The number of hydrogen-bond donors (Lipinski definition) is 0. The number of benzene rings is 1. The van der Waals surface area contributed by atoms with Gasteiger partial charge in [0.25, 0.3) is 0 Å². The highest BCUT2D eigenvalue weighted by Gasteiger charge is 2.05. The van der Waals surface area contributed by atoms with Crippen LogP contribution in [0, 0.1) is 18.3 Å². The normalized spacial score (nSPS) is 9.81. The fourth-order valence-electron chi connectivity index (χ4n) is 1.40. The van der Waals surface area contributed by atoms with Crippen LogP contribution < -0.4 is 4.74 Å². The maximum absolute atomic E-state index is 8.98. The fraction of sp³-hybridized carbons (Fsp3) is 0.167. The van der Waals surface area contributed by atoms with Crippen molar-refractivity contribution >= 4 is 0 Å². The molecule has 0 aliphatic heterocycles. The van der Waals surface area contributed by atoms with Crippen LogP contribution in [0.3, 0.4) is 0 Å². The Labute approximate surface area is 93.7 Å². The lowest BCUT2D eigenvalue weighted by atomic mass is 10.1. The topological polar surface area (TPSA) is 50.8 Å². The van der Waals surface area contributed by atoms with Crippen LogP contribution >= 0.6 is 0 Å². The number of hydrogen-bond acceptors (Lipinski definition) is 3. The molecule has 0 aliphatic carbocycles. The van der Waals surface area contributed by atoms with Gasteiger partial charge in [0, 0.05) is 7.05 Å². The van der Waals surface area contributed by atoms with Crippen molar-refractivity contribution in [1.82, 2.24) is 9.78 Å². The van der Waals surface area contributed by atoms with Crippen LogP contribution in [0.4, 0.5) is 0 Å². The summed E-state index contributed by atoms with van der Waals surface area (Å²) >= 11 is 0. The molecule has 16 heavy (non-hydrogen) atoms. The highest BCUT2D eigenvalue weighted by Crippen LogP contribution is 2.25. The van der Waals surface area contributed by atoms with Crippen molar-refractivity contribution < 1.29 is 4.74 Å². The molecular weight excluding hydrogens is 202 g/mol. The molecule has 2 rings (SSSR count). The molecule has 0 bridgehead atoms. The first-order chi connectivity index (χ1) is 7.69. The highest BCUT2D eigenvalue weighted by atomic mass is 16.5. The predicted octanol–water partition coefficient (Wildman–Crippen LogP) is 2.39. The van der Waals surface area contributed by atoms with Gasteiger partial charge in [-0.2, -0.15) is 10.4 Å². The third kappa shape index (κ3) is 2.04. The first-order valence-corrected chi connectivity index (χ1v) is 4.86. The zero-order valence-corrected chi connectivity index (χ0v) is 9.14. The van der Waals surface area contributed by atoms with Crippen LogP contribution in [0.15, 0.2) is 30.6 Å². The van der Waals surface area contributed by atoms with Gasteiger partial charge in [-0.25, -0.2) is 0 Å². The lowest BCUT2D eigenvalue weighted by molar-refractivity contribution is 0.480. The average Bonchev–Trinajstić information content (AvgIpc) is 2.67. The van der Waals surface area contributed by atoms with Crippen molar-refractivity contribution in [2.24, 2.45) is 7.05 Å². The third-order valence-electron chi connectivity index (χ3n) is 2.16. The van der Waals surface area contributed by atoms with Gasteiger partial charge in [-0.15, -0.1) is 0 Å². The van der Waals surface area contributed by atoms with Gasteiger partial charge in [-0.05, 0) is 24.6 Å². The molecule has 0 saturated carbocycles. The van der Waals surface area contributed by atoms with E-state index in [1.807, 2.05) is 20.0 Å². The second-order valence-electron chi connectivity index (χ2n) is 3.56. The molecule has 0 saturated heterocycles. The molecule has 0 fully saturated rings. The number of ether oxygens (including phenoxy) is 1. The number of aromatic nitrogens is 2. The van der Waals surface area contributed by atoms with Gasteiger partial charge in [0.2, 0.25) is 0 Å². The summed E-state index contributed by atoms with van der Waals surface area (Å²) < 4.78 is 7.22. The lowest BCUT2D eigenvalue weighted by Gasteiger charge is -2.05. The molecule has 2 aromatic rings. The molecule has 0 spiro atoms. The number of aryl methyl sites for hydroxylation is 2. The van der Waals surface area contributed by atoms with Gasteiger partial charge in [-0.3, -0.25) is 4.68 Å². The second-order valence-corrected chi connectivity index (χ2v) is 3.56. The minimum Gasteiger partial charge on any atom is -0.453 e. The largest absolute Gasteiger partial charge is 0.453 e. The van der Waals surface area contributed by atoms with Crippen molar-refractivity contribution in [2.45, 2.75) is 6.92 Å². The van der Waals surface area contributed by atoms with Gasteiger partial charge in [0.1, 0.15) is 11.8 Å². The van der Waals surface area contributed by atoms with Gasteiger partial charge in [0.15, 0.2) is 5.75 Å². The van der Waals surface area contributed by atoms with Gasteiger partial charge >= 0.3 is 0 Å². The van der Waals surface area contributed by atoms with Gasteiger partial charge in [0.05, 0.1) is 18.0 Å². The van der Waals surface area contributed by atoms with Crippen molar-refractivity contribution in [3.8, 4) is 17.6 Å². The number of nitriles is 1. The van der Waals surface area contributed by atoms with Crippen molar-refractivity contribution in [2.75, 3.05) is 0 Å². The Bertz CT molecular complexity index is 552. The molecule has 0 unspecified atom stereocenters. The molecule has 4 heteroatoms. The molecule has 1 aromatic heterocycles. The van der Waals surface area contributed by atoms with Crippen molar-refractivity contribution in [1.29, 1.82) is 5.26 Å². The Morgan fingerprint density at radius 2 is 2.25 bits per heavy atom. The summed E-state index contributed by atoms with van der Waals surface area (Å²) in [6.45, 7) is 1.94. The van der Waals surface area contributed by atoms with E-state index in [9.17, 15) is 0 Å². The van der Waals surface area contributed by atoms with Crippen LogP contribution in [0.25, 0.3) is 0 Å². The van der Waals surface area contributed by atoms with E-state index in [-0.39, 0.29) is 0 Å². The molecule has 0 radical (unpaired) electrons. The summed E-state index contributed by atoms with van der Waals surface area (Å²) in [5.41, 5.74) is 1.57. The number of nitrogens with zero attached hydrogens (tertiary/aromatic N) is 3. The Morgan fingerprint density at radius 3 is 2.88 bits per heavy atom. The van der Waals surface area contributed by atoms with Crippen LogP contribution in [-0.4, -0.2) is 9.78 Å². The second kappa shape index (κ2) is 4.07. The van der Waals surface area contributed by atoms with Gasteiger partial charge in [-0.1, -0.05) is 6.07 Å². The van der Waals surface area contributed by atoms with E-state index in [2.05, 4.69) is 11.2 Å². The summed E-state index contributed by atoms with van der Waals surface area (Å²) in [6.07, 6.45) is 3.36. The van der Waals surface area contributed by atoms with Crippen LogP contribution in [0.2, 0.25) is 0 Å². The van der Waals surface area contributed by atoms with Crippen LogP contribution in [-0.2, 0) is 7.05 Å². The molecule has 0 atom stereocenters. The zero-order valence-electron chi connectivity index (χ0n) is 9.14. The SMILES string of the molecule is Cc1ccc(Oc2cnn(C)c2)c(C#N)c1. The maximum atomic E-state index is 8.98. The Kier molecular flexibility index (Phi) is 2.61.